The molecule has 96 valence electrons. The first-order valence-corrected chi connectivity index (χ1v) is 7.34. The molecular formula is C15H26N2. The maximum atomic E-state index is 9.30. The second kappa shape index (κ2) is 5.87. The van der Waals surface area contributed by atoms with Crippen molar-refractivity contribution in [3.05, 3.63) is 0 Å². The van der Waals surface area contributed by atoms with Crippen LogP contribution in [0, 0.1) is 29.1 Å². The Hall–Kier alpha value is -0.550. The molecular weight excluding hydrogens is 208 g/mol. The molecule has 2 nitrogen and oxygen atoms in total. The van der Waals surface area contributed by atoms with Gasteiger partial charge < -0.3 is 4.90 Å². The summed E-state index contributed by atoms with van der Waals surface area (Å²) in [4.78, 5) is 2.49. The van der Waals surface area contributed by atoms with Gasteiger partial charge >= 0.3 is 0 Å². The molecule has 17 heavy (non-hydrogen) atoms. The molecule has 2 aliphatic rings. The molecule has 3 unspecified atom stereocenters. The Labute approximate surface area is 106 Å². The lowest BCUT2D eigenvalue weighted by atomic mass is 9.76. The lowest BCUT2D eigenvalue weighted by molar-refractivity contribution is 0.117. The molecule has 2 fully saturated rings. The topological polar surface area (TPSA) is 27.0 Å². The van der Waals surface area contributed by atoms with E-state index in [1.54, 1.807) is 0 Å². The van der Waals surface area contributed by atoms with Crippen LogP contribution in [-0.2, 0) is 0 Å². The smallest absolute Gasteiger partial charge is 0.0672 e. The summed E-state index contributed by atoms with van der Waals surface area (Å²) < 4.78 is 0. The van der Waals surface area contributed by atoms with Crippen LogP contribution in [0.5, 0.6) is 0 Å². The predicted octanol–water partition coefficient (Wildman–Crippen LogP) is 3.44. The number of hydrogen-bond donors (Lipinski definition) is 0. The van der Waals surface area contributed by atoms with E-state index in [1.807, 2.05) is 0 Å². The fourth-order valence-corrected chi connectivity index (χ4v) is 3.38. The van der Waals surface area contributed by atoms with Crippen LogP contribution in [0.2, 0.25) is 0 Å². The van der Waals surface area contributed by atoms with Crippen molar-refractivity contribution in [1.29, 1.82) is 5.26 Å². The average molecular weight is 234 g/mol. The van der Waals surface area contributed by atoms with Crippen LogP contribution in [0.3, 0.4) is 0 Å². The standard InChI is InChI=1S/C15H26N2/c1-3-4-12-7-8-14(10-16)15(9-12)17(2)11-13-5-6-13/h12-15H,3-9,11H2,1-2H3. The predicted molar refractivity (Wildman–Crippen MR) is 70.5 cm³/mol. The number of rotatable bonds is 5. The molecule has 3 atom stereocenters. The van der Waals surface area contributed by atoms with Crippen molar-refractivity contribution in [2.75, 3.05) is 13.6 Å². The van der Waals surface area contributed by atoms with E-state index in [0.29, 0.717) is 6.04 Å². The molecule has 2 heteroatoms. The fraction of sp³-hybridized carbons (Fsp3) is 0.933. The van der Waals surface area contributed by atoms with E-state index in [2.05, 4.69) is 24.9 Å². The van der Waals surface area contributed by atoms with Gasteiger partial charge in [-0.3, -0.25) is 0 Å². The van der Waals surface area contributed by atoms with Crippen molar-refractivity contribution < 1.29 is 0 Å². The van der Waals surface area contributed by atoms with E-state index < -0.39 is 0 Å². The minimum absolute atomic E-state index is 0.284. The summed E-state index contributed by atoms with van der Waals surface area (Å²) >= 11 is 0. The monoisotopic (exact) mass is 234 g/mol. The molecule has 0 amide bonds. The second-order valence-electron chi connectivity index (χ2n) is 6.15. The van der Waals surface area contributed by atoms with Crippen molar-refractivity contribution in [2.24, 2.45) is 17.8 Å². The van der Waals surface area contributed by atoms with Gasteiger partial charge in [0, 0.05) is 12.6 Å². The van der Waals surface area contributed by atoms with Gasteiger partial charge in [-0.15, -0.1) is 0 Å². The molecule has 0 radical (unpaired) electrons. The van der Waals surface area contributed by atoms with E-state index in [1.165, 1.54) is 45.1 Å². The summed E-state index contributed by atoms with van der Waals surface area (Å²) in [7, 11) is 2.24. The van der Waals surface area contributed by atoms with Gasteiger partial charge in [0.05, 0.1) is 12.0 Å². The third-order valence-electron chi connectivity index (χ3n) is 4.60. The first-order valence-electron chi connectivity index (χ1n) is 7.34. The van der Waals surface area contributed by atoms with Gasteiger partial charge in [-0.25, -0.2) is 0 Å². The van der Waals surface area contributed by atoms with E-state index in [9.17, 15) is 5.26 Å². The molecule has 0 N–H and O–H groups in total. The second-order valence-corrected chi connectivity index (χ2v) is 6.15. The number of nitriles is 1. The van der Waals surface area contributed by atoms with Gasteiger partial charge in [0.25, 0.3) is 0 Å². The Bertz CT molecular complexity index is 277. The molecule has 2 rings (SSSR count). The first-order chi connectivity index (χ1) is 8.24. The largest absolute Gasteiger partial charge is 0.302 e. The fourth-order valence-electron chi connectivity index (χ4n) is 3.38. The van der Waals surface area contributed by atoms with Crippen molar-refractivity contribution in [1.82, 2.24) is 4.90 Å². The lowest BCUT2D eigenvalue weighted by Gasteiger charge is -2.38. The molecule has 0 aromatic carbocycles. The van der Waals surface area contributed by atoms with E-state index in [4.69, 9.17) is 0 Å². The molecule has 0 spiro atoms. The van der Waals surface area contributed by atoms with Crippen molar-refractivity contribution in [2.45, 2.75) is 57.9 Å². The quantitative estimate of drug-likeness (QED) is 0.728. The van der Waals surface area contributed by atoms with Gasteiger partial charge in [0.15, 0.2) is 0 Å². The summed E-state index contributed by atoms with van der Waals surface area (Å²) in [6, 6.07) is 3.08. The summed E-state index contributed by atoms with van der Waals surface area (Å²) in [6.45, 7) is 3.50. The van der Waals surface area contributed by atoms with E-state index in [-0.39, 0.29) is 5.92 Å². The zero-order chi connectivity index (χ0) is 12.3. The molecule has 0 bridgehead atoms. The number of nitrogens with zero attached hydrogens (tertiary/aromatic N) is 2. The van der Waals surface area contributed by atoms with E-state index >= 15 is 0 Å². The third-order valence-corrected chi connectivity index (χ3v) is 4.60. The Morgan fingerprint density at radius 2 is 1.88 bits per heavy atom. The summed E-state index contributed by atoms with van der Waals surface area (Å²) in [6.07, 6.45) is 9.13. The van der Waals surface area contributed by atoms with Crippen molar-refractivity contribution in [3.8, 4) is 6.07 Å². The number of hydrogen-bond acceptors (Lipinski definition) is 2. The van der Waals surface area contributed by atoms with Crippen molar-refractivity contribution >= 4 is 0 Å². The minimum atomic E-state index is 0.284. The van der Waals surface area contributed by atoms with Crippen LogP contribution in [0.15, 0.2) is 0 Å². The molecule has 0 aromatic heterocycles. The highest BCUT2D eigenvalue weighted by Crippen LogP contribution is 2.36. The third kappa shape index (κ3) is 3.45. The Morgan fingerprint density at radius 3 is 2.47 bits per heavy atom. The van der Waals surface area contributed by atoms with Gasteiger partial charge in [0.2, 0.25) is 0 Å². The van der Waals surface area contributed by atoms with Crippen LogP contribution in [-0.4, -0.2) is 24.5 Å². The Balaban J connectivity index is 1.91. The molecule has 0 saturated heterocycles. The zero-order valence-corrected chi connectivity index (χ0v) is 11.4. The van der Waals surface area contributed by atoms with E-state index in [0.717, 1.165) is 18.3 Å². The zero-order valence-electron chi connectivity index (χ0n) is 11.4. The molecule has 0 heterocycles. The van der Waals surface area contributed by atoms with Crippen LogP contribution in [0.4, 0.5) is 0 Å². The summed E-state index contributed by atoms with van der Waals surface area (Å²) in [5.74, 6) is 2.09. The highest BCUT2D eigenvalue weighted by atomic mass is 15.1. The van der Waals surface area contributed by atoms with Gasteiger partial charge in [-0.05, 0) is 51.0 Å². The van der Waals surface area contributed by atoms with Crippen LogP contribution in [0.25, 0.3) is 0 Å². The molecule has 2 saturated carbocycles. The van der Waals surface area contributed by atoms with Gasteiger partial charge in [-0.2, -0.15) is 5.26 Å². The van der Waals surface area contributed by atoms with Crippen LogP contribution >= 0.6 is 0 Å². The van der Waals surface area contributed by atoms with Crippen LogP contribution in [0.1, 0.15) is 51.9 Å². The van der Waals surface area contributed by atoms with Crippen LogP contribution < -0.4 is 0 Å². The summed E-state index contributed by atoms with van der Waals surface area (Å²) in [5.41, 5.74) is 0. The highest BCUT2D eigenvalue weighted by molar-refractivity contribution is 4.97. The van der Waals surface area contributed by atoms with Gasteiger partial charge in [-0.1, -0.05) is 19.8 Å². The SMILES string of the molecule is CCCC1CCC(C#N)C(N(C)CC2CC2)C1. The maximum Gasteiger partial charge on any atom is 0.0672 e. The molecule has 0 aliphatic heterocycles. The maximum absolute atomic E-state index is 9.30. The molecule has 0 aromatic rings. The Morgan fingerprint density at radius 1 is 1.18 bits per heavy atom. The average Bonchev–Trinajstić information content (AvgIpc) is 3.13. The summed E-state index contributed by atoms with van der Waals surface area (Å²) in [5, 5.41) is 9.30. The molecule has 2 aliphatic carbocycles. The minimum Gasteiger partial charge on any atom is -0.302 e. The Kier molecular flexibility index (Phi) is 4.45. The lowest BCUT2D eigenvalue weighted by Crippen LogP contribution is -2.42. The normalized spacial score (nSPS) is 33.6. The van der Waals surface area contributed by atoms with Crippen molar-refractivity contribution in [3.63, 3.8) is 0 Å². The highest BCUT2D eigenvalue weighted by Gasteiger charge is 2.34. The first kappa shape index (κ1) is 12.9. The van der Waals surface area contributed by atoms with Gasteiger partial charge in [0.1, 0.15) is 0 Å².